The molecule has 4 aromatic carbocycles. The predicted molar refractivity (Wildman–Crippen MR) is 171 cm³/mol. The summed E-state index contributed by atoms with van der Waals surface area (Å²) in [6.45, 7) is 0.0764. The molecular weight excluding hydrogens is 570 g/mol. The fraction of sp³-hybridized carbons (Fsp3) is 0.222. The first kappa shape index (κ1) is 31.0. The number of rotatable bonds is 14. The van der Waals surface area contributed by atoms with Crippen molar-refractivity contribution >= 4 is 45.4 Å². The molecule has 1 heterocycles. The smallest absolute Gasteiger partial charge is 0.329 e. The van der Waals surface area contributed by atoms with E-state index in [9.17, 15) is 24.3 Å². The summed E-state index contributed by atoms with van der Waals surface area (Å²) in [4.78, 5) is 56.2. The number of carboxylic acid groups (broad SMARTS) is 1. The van der Waals surface area contributed by atoms with Gasteiger partial charge in [-0.1, -0.05) is 91.0 Å². The Hall–Kier alpha value is -5.44. The summed E-state index contributed by atoms with van der Waals surface area (Å²) in [5.74, 6) is -2.81. The zero-order valence-corrected chi connectivity index (χ0v) is 24.7. The summed E-state index contributed by atoms with van der Waals surface area (Å²) in [6.07, 6.45) is -0.884. The number of nitrogens with one attached hydrogen (secondary N) is 1. The van der Waals surface area contributed by atoms with Crippen LogP contribution >= 0.6 is 0 Å². The number of benzene rings is 4. The summed E-state index contributed by atoms with van der Waals surface area (Å²) in [6, 6.07) is 31.0. The number of aromatic nitrogens is 1. The predicted octanol–water partition coefficient (Wildman–Crippen LogP) is 5.62. The molecule has 0 fully saturated rings. The van der Waals surface area contributed by atoms with Crippen LogP contribution in [0.4, 0.5) is 0 Å². The number of hydrogen-bond acceptors (Lipinski definition) is 5. The van der Waals surface area contributed by atoms with Gasteiger partial charge in [0.1, 0.15) is 17.8 Å². The lowest BCUT2D eigenvalue weighted by Gasteiger charge is -2.31. The first-order chi connectivity index (χ1) is 21.8. The first-order valence-corrected chi connectivity index (χ1v) is 14.9. The van der Waals surface area contributed by atoms with Gasteiger partial charge in [0, 0.05) is 30.3 Å². The van der Waals surface area contributed by atoms with Crippen LogP contribution in [0.5, 0.6) is 0 Å². The number of hydrogen-bond donors (Lipinski definition) is 3. The summed E-state index contributed by atoms with van der Waals surface area (Å²) in [5.41, 5.74) is 8.25. The number of fused-ring (bicyclic) bond motifs is 2. The Balaban J connectivity index is 1.46. The minimum atomic E-state index is -1.13. The number of H-pyrrole nitrogens is 1. The third kappa shape index (κ3) is 8.14. The molecule has 1 aromatic heterocycles. The second-order valence-electron chi connectivity index (χ2n) is 11.1. The molecule has 0 unspecified atom stereocenters. The molecule has 0 radical (unpaired) electrons. The maximum absolute atomic E-state index is 14.1. The molecule has 2 amide bonds. The monoisotopic (exact) mass is 605 g/mol. The maximum atomic E-state index is 14.1. The van der Waals surface area contributed by atoms with E-state index >= 15 is 0 Å². The second kappa shape index (κ2) is 14.4. The lowest BCUT2D eigenvalue weighted by molar-refractivity contribution is -0.156. The van der Waals surface area contributed by atoms with E-state index in [4.69, 9.17) is 10.5 Å². The summed E-state index contributed by atoms with van der Waals surface area (Å²) < 4.78 is 5.97. The van der Waals surface area contributed by atoms with Gasteiger partial charge in [-0.25, -0.2) is 4.79 Å². The summed E-state index contributed by atoms with van der Waals surface area (Å²) in [5, 5.41) is 12.2. The quantitative estimate of drug-likeness (QED) is 0.140. The van der Waals surface area contributed by atoms with Gasteiger partial charge < -0.3 is 25.5 Å². The maximum Gasteiger partial charge on any atom is 0.329 e. The highest BCUT2D eigenvalue weighted by Crippen LogP contribution is 2.24. The Morgan fingerprint density at radius 3 is 2.20 bits per heavy atom. The van der Waals surface area contributed by atoms with Crippen LogP contribution in [0.25, 0.3) is 21.7 Å². The molecule has 0 aliphatic rings. The molecule has 9 nitrogen and oxygen atoms in total. The van der Waals surface area contributed by atoms with Crippen molar-refractivity contribution in [2.45, 2.75) is 50.8 Å². The van der Waals surface area contributed by atoms with Gasteiger partial charge >= 0.3 is 11.9 Å². The highest BCUT2D eigenvalue weighted by atomic mass is 16.5. The van der Waals surface area contributed by atoms with Crippen LogP contribution in [0.2, 0.25) is 0 Å². The Bertz CT molecular complexity index is 1780. The van der Waals surface area contributed by atoms with Crippen molar-refractivity contribution in [2.75, 3.05) is 0 Å². The Labute approximate surface area is 260 Å². The van der Waals surface area contributed by atoms with Crippen LogP contribution in [0.1, 0.15) is 47.3 Å². The van der Waals surface area contributed by atoms with Gasteiger partial charge in [0.2, 0.25) is 5.91 Å². The van der Waals surface area contributed by atoms with Gasteiger partial charge in [-0.05, 0) is 46.9 Å². The molecule has 5 rings (SSSR count). The van der Waals surface area contributed by atoms with E-state index in [0.717, 1.165) is 32.8 Å². The van der Waals surface area contributed by atoms with Crippen molar-refractivity contribution in [1.29, 1.82) is 0 Å². The highest BCUT2D eigenvalue weighted by molar-refractivity contribution is 5.99. The molecule has 4 N–H and O–H groups in total. The standard InChI is InChI=1S/C36H35N3O6/c37-33(40)22-29(20-25-17-18-26-11-4-5-12-27(26)19-25)45-36(44)32(15-8-16-34(41)42)39(23-24-9-2-1-3-10-24)35(43)31-21-28-13-6-7-14-30(28)38-31/h1-7,9-14,17-19,21,29,32,38H,8,15-16,20,22-23H2,(H2,37,40)(H,41,42)/t29-,32-/m0/s1. The normalized spacial score (nSPS) is 12.4. The van der Waals surface area contributed by atoms with Gasteiger partial charge in [0.05, 0.1) is 6.42 Å². The molecule has 230 valence electrons. The van der Waals surface area contributed by atoms with E-state index in [2.05, 4.69) is 4.98 Å². The lowest BCUT2D eigenvalue weighted by atomic mass is 10.0. The third-order valence-electron chi connectivity index (χ3n) is 7.72. The number of amides is 2. The molecule has 0 saturated carbocycles. The minimum absolute atomic E-state index is 0.0448. The second-order valence-corrected chi connectivity index (χ2v) is 11.1. The lowest BCUT2D eigenvalue weighted by Crippen LogP contribution is -2.47. The topological polar surface area (TPSA) is 143 Å². The molecule has 0 bridgehead atoms. The molecule has 0 spiro atoms. The number of para-hydroxylation sites is 1. The third-order valence-corrected chi connectivity index (χ3v) is 7.72. The van der Waals surface area contributed by atoms with E-state index in [-0.39, 0.29) is 44.3 Å². The molecule has 2 atom stereocenters. The van der Waals surface area contributed by atoms with Crippen molar-refractivity contribution in [3.05, 3.63) is 120 Å². The molecule has 9 heteroatoms. The summed E-state index contributed by atoms with van der Waals surface area (Å²) >= 11 is 0. The number of aliphatic carboxylic acids is 1. The van der Waals surface area contributed by atoms with E-state index in [0.29, 0.717) is 0 Å². The number of carboxylic acids is 1. The van der Waals surface area contributed by atoms with Crippen molar-refractivity contribution in [1.82, 2.24) is 9.88 Å². The number of primary amides is 1. The van der Waals surface area contributed by atoms with E-state index < -0.39 is 35.9 Å². The number of ether oxygens (including phenoxy) is 1. The first-order valence-electron chi connectivity index (χ1n) is 14.9. The molecule has 0 saturated heterocycles. The fourth-order valence-electron chi connectivity index (χ4n) is 5.55. The average Bonchev–Trinajstić information content (AvgIpc) is 3.46. The number of nitrogens with two attached hydrogens (primary N) is 1. The fourth-order valence-corrected chi connectivity index (χ4v) is 5.55. The van der Waals surface area contributed by atoms with Crippen LogP contribution in [0, 0.1) is 0 Å². The molecule has 0 aliphatic heterocycles. The molecule has 45 heavy (non-hydrogen) atoms. The number of carbonyl (C=O) groups is 4. The van der Waals surface area contributed by atoms with Crippen LogP contribution in [-0.4, -0.2) is 50.9 Å². The van der Waals surface area contributed by atoms with E-state index in [1.165, 1.54) is 4.90 Å². The van der Waals surface area contributed by atoms with Crippen molar-refractivity contribution < 1.29 is 29.0 Å². The van der Waals surface area contributed by atoms with Crippen LogP contribution < -0.4 is 5.73 Å². The van der Waals surface area contributed by atoms with Crippen molar-refractivity contribution in [3.63, 3.8) is 0 Å². The minimum Gasteiger partial charge on any atom is -0.481 e. The number of esters is 1. The van der Waals surface area contributed by atoms with Gasteiger partial charge in [0.15, 0.2) is 0 Å². The Kier molecular flexibility index (Phi) is 9.89. The Morgan fingerprint density at radius 2 is 1.49 bits per heavy atom. The van der Waals surface area contributed by atoms with E-state index in [1.54, 1.807) is 6.07 Å². The van der Waals surface area contributed by atoms with Gasteiger partial charge in [-0.15, -0.1) is 0 Å². The van der Waals surface area contributed by atoms with Gasteiger partial charge in [0.25, 0.3) is 5.91 Å². The zero-order chi connectivity index (χ0) is 31.8. The highest BCUT2D eigenvalue weighted by Gasteiger charge is 2.34. The molecule has 0 aliphatic carbocycles. The molecule has 5 aromatic rings. The largest absolute Gasteiger partial charge is 0.481 e. The number of nitrogens with zero attached hydrogens (tertiary/aromatic N) is 1. The van der Waals surface area contributed by atoms with Crippen LogP contribution in [-0.2, 0) is 32.1 Å². The zero-order valence-electron chi connectivity index (χ0n) is 24.7. The van der Waals surface area contributed by atoms with E-state index in [1.807, 2.05) is 97.1 Å². The van der Waals surface area contributed by atoms with Gasteiger partial charge in [-0.3, -0.25) is 14.4 Å². The number of carbonyl (C=O) groups excluding carboxylic acids is 3. The average molecular weight is 606 g/mol. The summed E-state index contributed by atoms with van der Waals surface area (Å²) in [7, 11) is 0. The SMILES string of the molecule is NC(=O)C[C@H](Cc1ccc2ccccc2c1)OC(=O)[C@H](CCCC(=O)O)N(Cc1ccccc1)C(=O)c1cc2ccccc2[nH]1. The molecular formula is C36H35N3O6. The van der Waals surface area contributed by atoms with Crippen molar-refractivity contribution in [2.24, 2.45) is 5.73 Å². The Morgan fingerprint density at radius 1 is 0.800 bits per heavy atom. The van der Waals surface area contributed by atoms with Crippen molar-refractivity contribution in [3.8, 4) is 0 Å². The number of aromatic amines is 1. The van der Waals surface area contributed by atoms with Crippen LogP contribution in [0.15, 0.2) is 103 Å². The van der Waals surface area contributed by atoms with Crippen LogP contribution in [0.3, 0.4) is 0 Å². The van der Waals surface area contributed by atoms with Gasteiger partial charge in [-0.2, -0.15) is 0 Å².